The summed E-state index contributed by atoms with van der Waals surface area (Å²) in [6.07, 6.45) is -0.0268. The summed E-state index contributed by atoms with van der Waals surface area (Å²) in [5.74, 6) is 0.758. The fourth-order valence-electron chi connectivity index (χ4n) is 2.40. The third kappa shape index (κ3) is 3.39. The largest absolute Gasteiger partial charge is 0.496 e. The molecular formula is C14H21ClN2O2. The van der Waals surface area contributed by atoms with E-state index in [2.05, 4.69) is 11.8 Å². The monoisotopic (exact) mass is 284 g/mol. The maximum absolute atomic E-state index is 6.34. The number of ether oxygens (including phenoxy) is 2. The molecule has 1 saturated heterocycles. The maximum Gasteiger partial charge on any atom is 0.123 e. The molecule has 19 heavy (non-hydrogen) atoms. The van der Waals surface area contributed by atoms with E-state index in [1.807, 2.05) is 12.1 Å². The molecule has 0 aliphatic carbocycles. The number of methoxy groups -OCH3 is 1. The van der Waals surface area contributed by atoms with E-state index in [1.165, 1.54) is 0 Å². The highest BCUT2D eigenvalue weighted by molar-refractivity contribution is 6.30. The van der Waals surface area contributed by atoms with E-state index in [9.17, 15) is 0 Å². The van der Waals surface area contributed by atoms with Crippen molar-refractivity contribution in [1.29, 1.82) is 0 Å². The summed E-state index contributed by atoms with van der Waals surface area (Å²) in [6, 6.07) is 5.27. The van der Waals surface area contributed by atoms with Crippen molar-refractivity contribution in [2.45, 2.75) is 19.1 Å². The van der Waals surface area contributed by atoms with Gasteiger partial charge in [0.25, 0.3) is 0 Å². The normalized spacial score (nSPS) is 22.2. The summed E-state index contributed by atoms with van der Waals surface area (Å²) in [7, 11) is 1.64. The third-order valence-corrected chi connectivity index (χ3v) is 3.81. The second kappa shape index (κ2) is 6.57. The van der Waals surface area contributed by atoms with Gasteiger partial charge in [-0.15, -0.1) is 0 Å². The van der Waals surface area contributed by atoms with Gasteiger partial charge in [0.1, 0.15) is 5.75 Å². The van der Waals surface area contributed by atoms with E-state index in [4.69, 9.17) is 26.8 Å². The Morgan fingerprint density at radius 2 is 2.37 bits per heavy atom. The van der Waals surface area contributed by atoms with Gasteiger partial charge in [0.2, 0.25) is 0 Å². The molecule has 4 nitrogen and oxygen atoms in total. The van der Waals surface area contributed by atoms with Crippen LogP contribution in [0.3, 0.4) is 0 Å². The highest BCUT2D eigenvalue weighted by atomic mass is 35.5. The zero-order valence-electron chi connectivity index (χ0n) is 11.4. The van der Waals surface area contributed by atoms with Gasteiger partial charge in [0.05, 0.1) is 25.9 Å². The minimum absolute atomic E-state index is 0.0268. The quantitative estimate of drug-likeness (QED) is 0.919. The van der Waals surface area contributed by atoms with Crippen molar-refractivity contribution in [2.75, 3.05) is 33.4 Å². The Kier molecular flexibility index (Phi) is 5.05. The van der Waals surface area contributed by atoms with Gasteiger partial charge in [-0.05, 0) is 24.7 Å². The Morgan fingerprint density at radius 1 is 1.58 bits per heavy atom. The van der Waals surface area contributed by atoms with Gasteiger partial charge in [-0.3, -0.25) is 4.90 Å². The Hall–Kier alpha value is -0.810. The summed E-state index contributed by atoms with van der Waals surface area (Å²) in [5.41, 5.74) is 7.24. The van der Waals surface area contributed by atoms with Gasteiger partial charge in [0.15, 0.2) is 0 Å². The maximum atomic E-state index is 6.34. The molecule has 0 radical (unpaired) electrons. The molecule has 0 spiro atoms. The zero-order valence-corrected chi connectivity index (χ0v) is 12.2. The van der Waals surface area contributed by atoms with Crippen LogP contribution >= 0.6 is 11.6 Å². The molecule has 1 aliphatic heterocycles. The molecule has 2 unspecified atom stereocenters. The van der Waals surface area contributed by atoms with Crippen LogP contribution < -0.4 is 10.5 Å². The molecule has 1 aliphatic rings. The lowest BCUT2D eigenvalue weighted by molar-refractivity contribution is -0.0395. The predicted octanol–water partition coefficient (Wildman–Crippen LogP) is 2.07. The van der Waals surface area contributed by atoms with Crippen molar-refractivity contribution >= 4 is 11.6 Å². The number of benzene rings is 1. The van der Waals surface area contributed by atoms with E-state index >= 15 is 0 Å². The first kappa shape index (κ1) is 14.6. The first-order chi connectivity index (χ1) is 9.15. The van der Waals surface area contributed by atoms with E-state index in [-0.39, 0.29) is 12.1 Å². The number of hydrogen-bond donors (Lipinski definition) is 1. The third-order valence-electron chi connectivity index (χ3n) is 3.58. The van der Waals surface area contributed by atoms with Crippen LogP contribution in [0.2, 0.25) is 5.02 Å². The minimum Gasteiger partial charge on any atom is -0.496 e. The smallest absolute Gasteiger partial charge is 0.123 e. The topological polar surface area (TPSA) is 47.7 Å². The molecular weight excluding hydrogens is 264 g/mol. The SMILES string of the molecule is CCN1CCOC(C(N)c2cc(Cl)ccc2OC)C1. The number of morpholine rings is 1. The van der Waals surface area contributed by atoms with Crippen LogP contribution in [-0.2, 0) is 4.74 Å². The Balaban J connectivity index is 2.18. The Bertz CT molecular complexity index is 428. The fraction of sp³-hybridized carbons (Fsp3) is 0.571. The highest BCUT2D eigenvalue weighted by Gasteiger charge is 2.28. The van der Waals surface area contributed by atoms with Crippen LogP contribution in [0.1, 0.15) is 18.5 Å². The first-order valence-corrected chi connectivity index (χ1v) is 6.96. The average Bonchev–Trinajstić information content (AvgIpc) is 2.46. The van der Waals surface area contributed by atoms with E-state index in [0.29, 0.717) is 5.02 Å². The highest BCUT2D eigenvalue weighted by Crippen LogP contribution is 2.30. The number of nitrogens with zero attached hydrogens (tertiary/aromatic N) is 1. The summed E-state index contributed by atoms with van der Waals surface area (Å²) in [5, 5.41) is 0.661. The molecule has 2 rings (SSSR count). The minimum atomic E-state index is -0.233. The number of rotatable bonds is 4. The van der Waals surface area contributed by atoms with Crippen molar-refractivity contribution in [3.63, 3.8) is 0 Å². The second-order valence-electron chi connectivity index (χ2n) is 4.71. The van der Waals surface area contributed by atoms with Gasteiger partial charge in [-0.2, -0.15) is 0 Å². The van der Waals surface area contributed by atoms with Gasteiger partial charge in [0, 0.05) is 23.7 Å². The van der Waals surface area contributed by atoms with Gasteiger partial charge >= 0.3 is 0 Å². The van der Waals surface area contributed by atoms with E-state index in [1.54, 1.807) is 13.2 Å². The summed E-state index contributed by atoms with van der Waals surface area (Å²) >= 11 is 6.05. The Labute approximate surface area is 119 Å². The molecule has 1 aromatic rings. The van der Waals surface area contributed by atoms with Crippen LogP contribution in [0.5, 0.6) is 5.75 Å². The van der Waals surface area contributed by atoms with Crippen molar-refractivity contribution in [2.24, 2.45) is 5.73 Å². The van der Waals surface area contributed by atoms with Gasteiger partial charge in [-0.1, -0.05) is 18.5 Å². The lowest BCUT2D eigenvalue weighted by atomic mass is 10.00. The first-order valence-electron chi connectivity index (χ1n) is 6.58. The summed E-state index contributed by atoms with van der Waals surface area (Å²) < 4.78 is 11.2. The molecule has 0 bridgehead atoms. The molecule has 0 amide bonds. The van der Waals surface area contributed by atoms with E-state index < -0.39 is 0 Å². The van der Waals surface area contributed by atoms with Crippen LogP contribution in [-0.4, -0.2) is 44.4 Å². The molecule has 0 saturated carbocycles. The van der Waals surface area contributed by atoms with Crippen molar-refractivity contribution in [1.82, 2.24) is 4.90 Å². The summed E-state index contributed by atoms with van der Waals surface area (Å²) in [6.45, 7) is 5.68. The second-order valence-corrected chi connectivity index (χ2v) is 5.15. The lowest BCUT2D eigenvalue weighted by Crippen LogP contribution is -2.46. The molecule has 2 atom stereocenters. The number of hydrogen-bond acceptors (Lipinski definition) is 4. The van der Waals surface area contributed by atoms with Crippen molar-refractivity contribution < 1.29 is 9.47 Å². The lowest BCUT2D eigenvalue weighted by Gasteiger charge is -2.35. The number of halogens is 1. The molecule has 1 heterocycles. The predicted molar refractivity (Wildman–Crippen MR) is 76.8 cm³/mol. The molecule has 1 aromatic carbocycles. The van der Waals surface area contributed by atoms with Crippen LogP contribution in [0.25, 0.3) is 0 Å². The standard InChI is InChI=1S/C14H21ClN2O2/c1-3-17-6-7-19-13(9-17)14(16)11-8-10(15)4-5-12(11)18-2/h4-5,8,13-14H,3,6-7,9,16H2,1-2H3. The Morgan fingerprint density at radius 3 is 3.05 bits per heavy atom. The van der Waals surface area contributed by atoms with Gasteiger partial charge < -0.3 is 15.2 Å². The number of nitrogens with two attached hydrogens (primary N) is 1. The van der Waals surface area contributed by atoms with E-state index in [0.717, 1.165) is 37.6 Å². The van der Waals surface area contributed by atoms with Crippen molar-refractivity contribution in [3.8, 4) is 5.75 Å². The zero-order chi connectivity index (χ0) is 13.8. The average molecular weight is 285 g/mol. The molecule has 106 valence electrons. The van der Waals surface area contributed by atoms with Crippen LogP contribution in [0, 0.1) is 0 Å². The van der Waals surface area contributed by atoms with Crippen LogP contribution in [0.4, 0.5) is 0 Å². The van der Waals surface area contributed by atoms with Gasteiger partial charge in [-0.25, -0.2) is 0 Å². The number of likely N-dealkylation sites (N-methyl/N-ethyl adjacent to an activating group) is 1. The fourth-order valence-corrected chi connectivity index (χ4v) is 2.58. The molecule has 0 aromatic heterocycles. The molecule has 1 fully saturated rings. The molecule has 5 heteroatoms. The van der Waals surface area contributed by atoms with Crippen LogP contribution in [0.15, 0.2) is 18.2 Å². The summed E-state index contributed by atoms with van der Waals surface area (Å²) in [4.78, 5) is 2.34. The van der Waals surface area contributed by atoms with Crippen molar-refractivity contribution in [3.05, 3.63) is 28.8 Å². The molecule has 2 N–H and O–H groups in total.